The van der Waals surface area contributed by atoms with Crippen molar-refractivity contribution in [1.82, 2.24) is 9.97 Å². The summed E-state index contributed by atoms with van der Waals surface area (Å²) >= 11 is 12.1. The third kappa shape index (κ3) is 7.95. The molecular formula is C26H27Cl2N5O5S. The molecule has 206 valence electrons. The average molecular weight is 593 g/mol. The SMILES string of the molecule is CC(=O)Nc1cnc(COc2ccc(C(C)(C)c3cc(Cl)c(OCCCl)c(C#N)c3)cc2)c(NS(C)(=O)=O)n1. The van der Waals surface area contributed by atoms with Crippen LogP contribution in [0.15, 0.2) is 42.6 Å². The molecule has 1 heterocycles. The van der Waals surface area contributed by atoms with Gasteiger partial charge in [0.1, 0.15) is 30.7 Å². The Labute approximate surface area is 237 Å². The van der Waals surface area contributed by atoms with Crippen LogP contribution in [0.1, 0.15) is 43.2 Å². The first-order valence-corrected chi connectivity index (χ1v) is 14.4. The number of carbonyl (C=O) groups excluding carboxylic acids is 1. The Kier molecular flexibility index (Phi) is 9.61. The molecule has 0 fully saturated rings. The number of nitriles is 1. The lowest BCUT2D eigenvalue weighted by atomic mass is 9.77. The molecule has 0 radical (unpaired) electrons. The molecule has 0 spiro atoms. The van der Waals surface area contributed by atoms with E-state index in [0.29, 0.717) is 22.1 Å². The predicted octanol–water partition coefficient (Wildman–Crippen LogP) is 4.85. The van der Waals surface area contributed by atoms with Gasteiger partial charge in [0, 0.05) is 12.3 Å². The molecule has 0 atom stereocenters. The monoisotopic (exact) mass is 591 g/mol. The maximum atomic E-state index is 11.8. The lowest BCUT2D eigenvalue weighted by Crippen LogP contribution is -2.19. The number of rotatable bonds is 11. The van der Waals surface area contributed by atoms with Crippen molar-refractivity contribution in [2.75, 3.05) is 28.8 Å². The zero-order valence-corrected chi connectivity index (χ0v) is 24.0. The second-order valence-corrected chi connectivity index (χ2v) is 11.6. The number of benzene rings is 2. The highest BCUT2D eigenvalue weighted by Gasteiger charge is 2.26. The van der Waals surface area contributed by atoms with Gasteiger partial charge < -0.3 is 14.8 Å². The van der Waals surface area contributed by atoms with Crippen molar-refractivity contribution in [3.05, 3.63) is 70.0 Å². The van der Waals surface area contributed by atoms with Gasteiger partial charge in [-0.2, -0.15) is 5.26 Å². The molecule has 0 bridgehead atoms. The molecule has 13 heteroatoms. The molecule has 0 saturated heterocycles. The van der Waals surface area contributed by atoms with Crippen LogP contribution in [0.5, 0.6) is 11.5 Å². The van der Waals surface area contributed by atoms with Crippen LogP contribution >= 0.6 is 23.2 Å². The van der Waals surface area contributed by atoms with E-state index in [0.717, 1.165) is 17.4 Å². The van der Waals surface area contributed by atoms with Gasteiger partial charge in [0.25, 0.3) is 0 Å². The predicted molar refractivity (Wildman–Crippen MR) is 150 cm³/mol. The fourth-order valence-corrected chi connectivity index (χ4v) is 4.49. The Morgan fingerprint density at radius 1 is 1.15 bits per heavy atom. The van der Waals surface area contributed by atoms with Crippen LogP contribution in [0.3, 0.4) is 0 Å². The van der Waals surface area contributed by atoms with Crippen molar-refractivity contribution in [3.8, 4) is 17.6 Å². The van der Waals surface area contributed by atoms with Crippen molar-refractivity contribution in [3.63, 3.8) is 0 Å². The van der Waals surface area contributed by atoms with Crippen LogP contribution in [-0.4, -0.2) is 43.0 Å². The lowest BCUT2D eigenvalue weighted by molar-refractivity contribution is -0.114. The molecule has 3 aromatic rings. The van der Waals surface area contributed by atoms with Crippen molar-refractivity contribution < 1.29 is 22.7 Å². The minimum Gasteiger partial charge on any atom is -0.489 e. The van der Waals surface area contributed by atoms with Crippen molar-refractivity contribution in [2.45, 2.75) is 32.8 Å². The zero-order valence-electron chi connectivity index (χ0n) is 21.7. The van der Waals surface area contributed by atoms with Crippen LogP contribution in [0, 0.1) is 11.3 Å². The molecule has 0 saturated carbocycles. The molecule has 0 aliphatic carbocycles. The van der Waals surface area contributed by atoms with E-state index < -0.39 is 15.4 Å². The second-order valence-electron chi connectivity index (χ2n) is 9.03. The number of hydrogen-bond acceptors (Lipinski definition) is 8. The summed E-state index contributed by atoms with van der Waals surface area (Å²) in [6.07, 6.45) is 2.30. The fraction of sp³-hybridized carbons (Fsp3) is 0.308. The number of amides is 1. The van der Waals surface area contributed by atoms with E-state index in [1.54, 1.807) is 24.3 Å². The summed E-state index contributed by atoms with van der Waals surface area (Å²) in [5.41, 5.74) is 1.79. The number of nitrogens with zero attached hydrogens (tertiary/aromatic N) is 3. The minimum absolute atomic E-state index is 0.0508. The van der Waals surface area contributed by atoms with Gasteiger partial charge in [0.15, 0.2) is 17.4 Å². The molecule has 1 amide bonds. The smallest absolute Gasteiger partial charge is 0.231 e. The van der Waals surface area contributed by atoms with Crippen molar-refractivity contribution in [2.24, 2.45) is 0 Å². The number of hydrogen-bond donors (Lipinski definition) is 2. The molecule has 39 heavy (non-hydrogen) atoms. The molecule has 2 aromatic carbocycles. The summed E-state index contributed by atoms with van der Waals surface area (Å²) in [7, 11) is -3.66. The van der Waals surface area contributed by atoms with E-state index >= 15 is 0 Å². The number of sulfonamides is 1. The summed E-state index contributed by atoms with van der Waals surface area (Å²) in [6.45, 7) is 5.46. The molecule has 2 N–H and O–H groups in total. The van der Waals surface area contributed by atoms with Crippen LogP contribution in [-0.2, 0) is 26.8 Å². The standard InChI is InChI=1S/C26H27Cl2N5O5S/c1-16(34)31-23-14-30-22(25(32-23)33-39(4,35)36)15-38-20-7-5-18(6-8-20)26(2,3)19-11-17(13-29)24(21(28)12-19)37-10-9-27/h5-8,11-12,14H,9-10,15H2,1-4H3,(H2,31,32,33,34). The zero-order chi connectivity index (χ0) is 28.8. The van der Waals surface area contributed by atoms with Crippen LogP contribution < -0.4 is 19.5 Å². The first kappa shape index (κ1) is 30.0. The molecule has 0 unspecified atom stereocenters. The van der Waals surface area contributed by atoms with Gasteiger partial charge in [-0.1, -0.05) is 37.6 Å². The first-order chi connectivity index (χ1) is 18.3. The van der Waals surface area contributed by atoms with Gasteiger partial charge in [-0.15, -0.1) is 11.6 Å². The Morgan fingerprint density at radius 2 is 1.85 bits per heavy atom. The summed E-state index contributed by atoms with van der Waals surface area (Å²) in [5.74, 6) is 0.762. The fourth-order valence-electron chi connectivity index (χ4n) is 3.63. The van der Waals surface area contributed by atoms with E-state index in [-0.39, 0.29) is 42.3 Å². The maximum absolute atomic E-state index is 11.8. The second kappa shape index (κ2) is 12.5. The van der Waals surface area contributed by atoms with Gasteiger partial charge in [-0.25, -0.2) is 18.4 Å². The Bertz CT molecular complexity index is 1510. The van der Waals surface area contributed by atoms with Crippen molar-refractivity contribution in [1.29, 1.82) is 5.26 Å². The van der Waals surface area contributed by atoms with Crippen LogP contribution in [0.2, 0.25) is 5.02 Å². The molecular weight excluding hydrogens is 565 g/mol. The average Bonchev–Trinajstić information content (AvgIpc) is 2.86. The lowest BCUT2D eigenvalue weighted by Gasteiger charge is -2.27. The highest BCUT2D eigenvalue weighted by molar-refractivity contribution is 7.92. The van der Waals surface area contributed by atoms with E-state index in [1.165, 1.54) is 13.1 Å². The number of anilines is 2. The quantitative estimate of drug-likeness (QED) is 0.301. The summed E-state index contributed by atoms with van der Waals surface area (Å²) < 4.78 is 37.3. The molecule has 0 aliphatic rings. The molecule has 10 nitrogen and oxygen atoms in total. The van der Waals surface area contributed by atoms with Crippen LogP contribution in [0.25, 0.3) is 0 Å². The molecule has 3 rings (SSSR count). The topological polar surface area (TPSA) is 143 Å². The van der Waals surface area contributed by atoms with Gasteiger partial charge in [0.05, 0.1) is 28.9 Å². The highest BCUT2D eigenvalue weighted by atomic mass is 35.5. The summed E-state index contributed by atoms with van der Waals surface area (Å²) in [4.78, 5) is 19.6. The minimum atomic E-state index is -3.66. The highest BCUT2D eigenvalue weighted by Crippen LogP contribution is 2.38. The van der Waals surface area contributed by atoms with Crippen molar-refractivity contribution >= 4 is 50.8 Å². The summed E-state index contributed by atoms with van der Waals surface area (Å²) in [6, 6.07) is 13.0. The number of alkyl halides is 1. The third-order valence-electron chi connectivity index (χ3n) is 5.60. The van der Waals surface area contributed by atoms with E-state index in [4.69, 9.17) is 32.7 Å². The molecule has 1 aromatic heterocycles. The summed E-state index contributed by atoms with van der Waals surface area (Å²) in [5, 5.41) is 12.4. The van der Waals surface area contributed by atoms with Gasteiger partial charge in [0.2, 0.25) is 15.9 Å². The third-order valence-corrected chi connectivity index (χ3v) is 6.59. The Hall–Kier alpha value is -3.59. The first-order valence-electron chi connectivity index (χ1n) is 11.6. The number of carbonyl (C=O) groups is 1. The number of halogens is 2. The van der Waals surface area contributed by atoms with E-state index in [1.807, 2.05) is 26.0 Å². The Balaban J connectivity index is 1.81. The van der Waals surface area contributed by atoms with E-state index in [2.05, 4.69) is 26.1 Å². The maximum Gasteiger partial charge on any atom is 0.231 e. The van der Waals surface area contributed by atoms with Gasteiger partial charge in [-0.05, 0) is 35.4 Å². The van der Waals surface area contributed by atoms with Crippen LogP contribution in [0.4, 0.5) is 11.6 Å². The van der Waals surface area contributed by atoms with Gasteiger partial charge in [-0.3, -0.25) is 9.52 Å². The Morgan fingerprint density at radius 3 is 2.44 bits per heavy atom. The number of ether oxygens (including phenoxy) is 2. The van der Waals surface area contributed by atoms with Gasteiger partial charge >= 0.3 is 0 Å². The normalized spacial score (nSPS) is 11.4. The largest absolute Gasteiger partial charge is 0.489 e. The molecule has 0 aliphatic heterocycles. The number of aromatic nitrogens is 2. The van der Waals surface area contributed by atoms with E-state index in [9.17, 15) is 18.5 Å². The number of nitrogens with one attached hydrogen (secondary N) is 2.